The Bertz CT molecular complexity index is 522. The van der Waals surface area contributed by atoms with Crippen LogP contribution < -0.4 is 10.1 Å². The van der Waals surface area contributed by atoms with Gasteiger partial charge in [0.15, 0.2) is 0 Å². The number of aryl methyl sites for hydroxylation is 1. The third kappa shape index (κ3) is 2.71. The predicted octanol–water partition coefficient (Wildman–Crippen LogP) is 4.07. The molecule has 0 amide bonds. The summed E-state index contributed by atoms with van der Waals surface area (Å²) in [5, 5.41) is 3.24. The molecule has 1 N–H and O–H groups in total. The van der Waals surface area contributed by atoms with E-state index >= 15 is 0 Å². The van der Waals surface area contributed by atoms with Gasteiger partial charge in [-0.05, 0) is 38.6 Å². The highest BCUT2D eigenvalue weighted by molar-refractivity contribution is 5.41. The van der Waals surface area contributed by atoms with Gasteiger partial charge < -0.3 is 10.1 Å². The Labute approximate surface area is 109 Å². The SMILES string of the molecule is CNC(C)c1ccccc1Oc1ccccc1C. The van der Waals surface area contributed by atoms with Crippen molar-refractivity contribution in [1.29, 1.82) is 0 Å². The summed E-state index contributed by atoms with van der Waals surface area (Å²) in [6.45, 7) is 4.18. The molecule has 0 heterocycles. The molecule has 1 unspecified atom stereocenters. The average Bonchev–Trinajstić information content (AvgIpc) is 2.41. The summed E-state index contributed by atoms with van der Waals surface area (Å²) in [6.07, 6.45) is 0. The van der Waals surface area contributed by atoms with Gasteiger partial charge in [0.25, 0.3) is 0 Å². The number of benzene rings is 2. The number of nitrogens with one attached hydrogen (secondary N) is 1. The van der Waals surface area contributed by atoms with Gasteiger partial charge in [0, 0.05) is 11.6 Å². The molecule has 2 nitrogen and oxygen atoms in total. The van der Waals surface area contributed by atoms with E-state index < -0.39 is 0 Å². The summed E-state index contributed by atoms with van der Waals surface area (Å²) in [7, 11) is 1.95. The average molecular weight is 241 g/mol. The molecular weight excluding hydrogens is 222 g/mol. The van der Waals surface area contributed by atoms with E-state index in [4.69, 9.17) is 4.74 Å². The zero-order valence-corrected chi connectivity index (χ0v) is 11.1. The Morgan fingerprint density at radius 2 is 1.56 bits per heavy atom. The van der Waals surface area contributed by atoms with Crippen LogP contribution in [0.5, 0.6) is 11.5 Å². The summed E-state index contributed by atoms with van der Waals surface area (Å²) in [6, 6.07) is 16.5. The summed E-state index contributed by atoms with van der Waals surface area (Å²) >= 11 is 0. The lowest BCUT2D eigenvalue weighted by Crippen LogP contribution is -2.13. The van der Waals surface area contributed by atoms with Crippen molar-refractivity contribution in [1.82, 2.24) is 5.32 Å². The third-order valence-electron chi connectivity index (χ3n) is 3.13. The highest BCUT2D eigenvalue weighted by atomic mass is 16.5. The van der Waals surface area contributed by atoms with Crippen LogP contribution in [-0.4, -0.2) is 7.05 Å². The molecule has 18 heavy (non-hydrogen) atoms. The summed E-state index contributed by atoms with van der Waals surface area (Å²) in [4.78, 5) is 0. The standard InChI is InChI=1S/C16H19NO/c1-12-8-4-6-10-15(12)18-16-11-7-5-9-14(16)13(2)17-3/h4-11,13,17H,1-3H3. The number of para-hydroxylation sites is 2. The Morgan fingerprint density at radius 3 is 2.22 bits per heavy atom. The van der Waals surface area contributed by atoms with Crippen LogP contribution >= 0.6 is 0 Å². The Balaban J connectivity index is 2.32. The highest BCUT2D eigenvalue weighted by Gasteiger charge is 2.10. The van der Waals surface area contributed by atoms with Gasteiger partial charge in [0.1, 0.15) is 11.5 Å². The molecule has 0 aliphatic carbocycles. The van der Waals surface area contributed by atoms with Crippen molar-refractivity contribution in [2.45, 2.75) is 19.9 Å². The Kier molecular flexibility index (Phi) is 4.00. The van der Waals surface area contributed by atoms with E-state index in [2.05, 4.69) is 31.3 Å². The fourth-order valence-corrected chi connectivity index (χ4v) is 1.88. The van der Waals surface area contributed by atoms with Gasteiger partial charge in [-0.3, -0.25) is 0 Å². The van der Waals surface area contributed by atoms with Gasteiger partial charge >= 0.3 is 0 Å². The van der Waals surface area contributed by atoms with Crippen molar-refractivity contribution >= 4 is 0 Å². The van der Waals surface area contributed by atoms with Crippen molar-refractivity contribution in [2.24, 2.45) is 0 Å². The predicted molar refractivity (Wildman–Crippen MR) is 75.2 cm³/mol. The molecule has 0 aliphatic rings. The smallest absolute Gasteiger partial charge is 0.132 e. The fourth-order valence-electron chi connectivity index (χ4n) is 1.88. The topological polar surface area (TPSA) is 21.3 Å². The van der Waals surface area contributed by atoms with E-state index in [0.29, 0.717) is 0 Å². The number of hydrogen-bond donors (Lipinski definition) is 1. The lowest BCUT2D eigenvalue weighted by atomic mass is 10.1. The molecule has 2 aromatic carbocycles. The Morgan fingerprint density at radius 1 is 0.944 bits per heavy atom. The van der Waals surface area contributed by atoms with Gasteiger partial charge in [-0.1, -0.05) is 36.4 Å². The molecule has 94 valence electrons. The molecule has 0 spiro atoms. The van der Waals surface area contributed by atoms with Gasteiger partial charge in [0.2, 0.25) is 0 Å². The zero-order chi connectivity index (χ0) is 13.0. The van der Waals surface area contributed by atoms with Crippen molar-refractivity contribution in [3.63, 3.8) is 0 Å². The maximum Gasteiger partial charge on any atom is 0.132 e. The molecular formula is C16H19NO. The first kappa shape index (κ1) is 12.7. The highest BCUT2D eigenvalue weighted by Crippen LogP contribution is 2.30. The van der Waals surface area contributed by atoms with E-state index in [1.165, 1.54) is 5.56 Å². The molecule has 0 radical (unpaired) electrons. The normalized spacial score (nSPS) is 12.2. The second-order valence-electron chi connectivity index (χ2n) is 4.42. The third-order valence-corrected chi connectivity index (χ3v) is 3.13. The fraction of sp³-hybridized carbons (Fsp3) is 0.250. The van der Waals surface area contributed by atoms with Crippen LogP contribution in [0.25, 0.3) is 0 Å². The van der Waals surface area contributed by atoms with Crippen LogP contribution in [-0.2, 0) is 0 Å². The minimum absolute atomic E-state index is 0.269. The summed E-state index contributed by atoms with van der Waals surface area (Å²) in [5.74, 6) is 1.82. The molecule has 2 aromatic rings. The number of hydrogen-bond acceptors (Lipinski definition) is 2. The van der Waals surface area contributed by atoms with Crippen LogP contribution in [0.2, 0.25) is 0 Å². The summed E-state index contributed by atoms with van der Waals surface area (Å²) < 4.78 is 6.02. The lowest BCUT2D eigenvalue weighted by molar-refractivity contribution is 0.463. The first-order valence-corrected chi connectivity index (χ1v) is 6.22. The lowest BCUT2D eigenvalue weighted by Gasteiger charge is -2.17. The molecule has 1 atom stereocenters. The Hall–Kier alpha value is -1.80. The quantitative estimate of drug-likeness (QED) is 0.871. The second kappa shape index (κ2) is 5.69. The van der Waals surface area contributed by atoms with Gasteiger partial charge in [-0.2, -0.15) is 0 Å². The molecule has 0 saturated carbocycles. The van der Waals surface area contributed by atoms with Crippen molar-refractivity contribution < 1.29 is 4.74 Å². The molecule has 0 saturated heterocycles. The van der Waals surface area contributed by atoms with Crippen LogP contribution in [0, 0.1) is 6.92 Å². The molecule has 0 aliphatic heterocycles. The largest absolute Gasteiger partial charge is 0.457 e. The summed E-state index contributed by atoms with van der Waals surface area (Å²) in [5.41, 5.74) is 2.31. The number of rotatable bonds is 4. The first-order chi connectivity index (χ1) is 8.72. The van der Waals surface area contributed by atoms with Crippen LogP contribution in [0.15, 0.2) is 48.5 Å². The van der Waals surface area contributed by atoms with Gasteiger partial charge in [0.05, 0.1) is 0 Å². The van der Waals surface area contributed by atoms with Crippen molar-refractivity contribution in [3.8, 4) is 11.5 Å². The van der Waals surface area contributed by atoms with E-state index in [-0.39, 0.29) is 6.04 Å². The molecule has 0 aromatic heterocycles. The molecule has 2 rings (SSSR count). The first-order valence-electron chi connectivity index (χ1n) is 6.22. The monoisotopic (exact) mass is 241 g/mol. The number of ether oxygens (including phenoxy) is 1. The van der Waals surface area contributed by atoms with Crippen LogP contribution in [0.1, 0.15) is 24.1 Å². The van der Waals surface area contributed by atoms with Gasteiger partial charge in [-0.15, -0.1) is 0 Å². The van der Waals surface area contributed by atoms with Crippen LogP contribution in [0.4, 0.5) is 0 Å². The minimum atomic E-state index is 0.269. The second-order valence-corrected chi connectivity index (χ2v) is 4.42. The zero-order valence-electron chi connectivity index (χ0n) is 11.1. The molecule has 2 heteroatoms. The van der Waals surface area contributed by atoms with Crippen molar-refractivity contribution in [3.05, 3.63) is 59.7 Å². The molecule has 0 bridgehead atoms. The minimum Gasteiger partial charge on any atom is -0.457 e. The van der Waals surface area contributed by atoms with Crippen LogP contribution in [0.3, 0.4) is 0 Å². The maximum atomic E-state index is 6.02. The molecule has 0 fully saturated rings. The van der Waals surface area contributed by atoms with E-state index in [0.717, 1.165) is 17.1 Å². The van der Waals surface area contributed by atoms with Crippen molar-refractivity contribution in [2.75, 3.05) is 7.05 Å². The maximum absolute atomic E-state index is 6.02. The van der Waals surface area contributed by atoms with Gasteiger partial charge in [-0.25, -0.2) is 0 Å². The van der Waals surface area contributed by atoms with E-state index in [9.17, 15) is 0 Å². The van der Waals surface area contributed by atoms with E-state index in [1.807, 2.05) is 43.4 Å². The van der Waals surface area contributed by atoms with E-state index in [1.54, 1.807) is 0 Å².